The fourth-order valence-corrected chi connectivity index (χ4v) is 4.30. The van der Waals surface area contributed by atoms with Crippen LogP contribution in [0.3, 0.4) is 0 Å². The quantitative estimate of drug-likeness (QED) is 0.739. The molecule has 0 bridgehead atoms. The van der Waals surface area contributed by atoms with Gasteiger partial charge < -0.3 is 4.90 Å². The van der Waals surface area contributed by atoms with Gasteiger partial charge in [0.15, 0.2) is 0 Å². The number of hydrogen-bond donors (Lipinski definition) is 0. The highest BCUT2D eigenvalue weighted by molar-refractivity contribution is 9.09. The number of likely N-dealkylation sites (tertiary alicyclic amines) is 1. The maximum Gasteiger partial charge on any atom is 0.228 e. The largest absolute Gasteiger partial charge is 0.310 e. The van der Waals surface area contributed by atoms with Gasteiger partial charge in [0, 0.05) is 23.4 Å². The molecule has 2 aliphatic rings. The smallest absolute Gasteiger partial charge is 0.228 e. The van der Waals surface area contributed by atoms with Gasteiger partial charge in [-0.2, -0.15) is 0 Å². The first-order valence-corrected chi connectivity index (χ1v) is 7.96. The van der Waals surface area contributed by atoms with Crippen molar-refractivity contribution in [3.05, 3.63) is 35.2 Å². The van der Waals surface area contributed by atoms with Gasteiger partial charge in [0.25, 0.3) is 0 Å². The topological polar surface area (TPSA) is 54.5 Å². The van der Waals surface area contributed by atoms with Gasteiger partial charge in [-0.05, 0) is 6.07 Å². The average molecular weight is 328 g/mol. The Bertz CT molecular complexity index is 666. The van der Waals surface area contributed by atoms with E-state index in [0.717, 1.165) is 0 Å². The summed E-state index contributed by atoms with van der Waals surface area (Å²) in [6.07, 6.45) is 0.402. The number of nitrogens with zero attached hydrogens (tertiary/aromatic N) is 1. The Balaban J connectivity index is 2.13. The second-order valence-corrected chi connectivity index (χ2v) is 7.41. The van der Waals surface area contributed by atoms with Crippen LogP contribution in [0.1, 0.15) is 12.0 Å². The predicted octanol–water partition coefficient (Wildman–Crippen LogP) is 1.77. The number of rotatable bonds is 1. The lowest BCUT2D eigenvalue weighted by atomic mass is 10.1. The van der Waals surface area contributed by atoms with Crippen molar-refractivity contribution < 1.29 is 13.2 Å². The van der Waals surface area contributed by atoms with Gasteiger partial charge in [-0.3, -0.25) is 4.79 Å². The molecule has 1 saturated heterocycles. The van der Waals surface area contributed by atoms with Crippen molar-refractivity contribution in [1.82, 2.24) is 4.90 Å². The molecule has 94 valence electrons. The number of halogens is 1. The monoisotopic (exact) mass is 327 g/mol. The van der Waals surface area contributed by atoms with Crippen LogP contribution in [0.2, 0.25) is 0 Å². The zero-order valence-corrected chi connectivity index (χ0v) is 11.7. The van der Waals surface area contributed by atoms with Crippen molar-refractivity contribution in [1.29, 1.82) is 0 Å². The number of fused-ring (bicyclic) bond motifs is 1. The van der Waals surface area contributed by atoms with Crippen molar-refractivity contribution in [2.45, 2.75) is 16.1 Å². The Labute approximate surface area is 113 Å². The summed E-state index contributed by atoms with van der Waals surface area (Å²) in [6, 6.07) is 6.77. The number of amides is 1. The van der Waals surface area contributed by atoms with E-state index >= 15 is 0 Å². The molecule has 0 spiro atoms. The Hall–Kier alpha value is -1.14. The number of carbonyl (C=O) groups is 1. The minimum atomic E-state index is -3.40. The van der Waals surface area contributed by atoms with E-state index in [0.29, 0.717) is 24.2 Å². The van der Waals surface area contributed by atoms with E-state index in [2.05, 4.69) is 15.9 Å². The first-order valence-electron chi connectivity index (χ1n) is 5.50. The zero-order valence-electron chi connectivity index (χ0n) is 9.34. The van der Waals surface area contributed by atoms with Crippen LogP contribution in [-0.2, 0) is 14.6 Å². The summed E-state index contributed by atoms with van der Waals surface area (Å²) in [6.45, 7) is 0.508. The molecule has 1 aromatic rings. The normalized spacial score (nSPS) is 25.2. The van der Waals surface area contributed by atoms with Crippen LogP contribution in [0.15, 0.2) is 34.6 Å². The summed E-state index contributed by atoms with van der Waals surface area (Å²) >= 11 is 3.40. The second kappa shape index (κ2) is 3.93. The Morgan fingerprint density at radius 2 is 2.00 bits per heavy atom. The molecule has 2 aliphatic heterocycles. The third kappa shape index (κ3) is 1.71. The number of benzene rings is 1. The van der Waals surface area contributed by atoms with E-state index in [1.807, 2.05) is 0 Å². The van der Waals surface area contributed by atoms with Gasteiger partial charge in [0.05, 0.1) is 16.0 Å². The van der Waals surface area contributed by atoms with Crippen molar-refractivity contribution in [2.75, 3.05) is 6.54 Å². The highest BCUT2D eigenvalue weighted by atomic mass is 79.9. The molecule has 1 atom stereocenters. The minimum absolute atomic E-state index is 0.0463. The lowest BCUT2D eigenvalue weighted by Gasteiger charge is -2.17. The van der Waals surface area contributed by atoms with Gasteiger partial charge in [0.2, 0.25) is 15.7 Å². The molecule has 1 aromatic carbocycles. The van der Waals surface area contributed by atoms with E-state index in [9.17, 15) is 13.2 Å². The van der Waals surface area contributed by atoms with Crippen LogP contribution in [0, 0.1) is 0 Å². The fourth-order valence-electron chi connectivity index (χ4n) is 2.31. The third-order valence-corrected chi connectivity index (χ3v) is 5.22. The molecule has 1 fully saturated rings. The first-order chi connectivity index (χ1) is 8.49. The Morgan fingerprint density at radius 3 is 2.67 bits per heavy atom. The molecule has 18 heavy (non-hydrogen) atoms. The van der Waals surface area contributed by atoms with Crippen LogP contribution in [0.4, 0.5) is 0 Å². The van der Waals surface area contributed by atoms with E-state index in [4.69, 9.17) is 0 Å². The third-order valence-electron chi connectivity index (χ3n) is 3.10. The van der Waals surface area contributed by atoms with Gasteiger partial charge in [-0.15, -0.1) is 0 Å². The minimum Gasteiger partial charge on any atom is -0.310 e. The summed E-state index contributed by atoms with van der Waals surface area (Å²) in [5, 5.41) is 1.20. The highest BCUT2D eigenvalue weighted by Crippen LogP contribution is 2.37. The maximum absolute atomic E-state index is 12.0. The molecule has 0 aliphatic carbocycles. The molecule has 1 amide bonds. The summed E-state index contributed by atoms with van der Waals surface area (Å²) in [5.41, 5.74) is 1.12. The van der Waals surface area contributed by atoms with Crippen LogP contribution in [-0.4, -0.2) is 30.6 Å². The van der Waals surface area contributed by atoms with Gasteiger partial charge in [-0.25, -0.2) is 8.42 Å². The van der Waals surface area contributed by atoms with E-state index in [1.165, 1.54) is 5.41 Å². The molecule has 4 nitrogen and oxygen atoms in total. The maximum atomic E-state index is 12.0. The Kier molecular flexibility index (Phi) is 2.60. The van der Waals surface area contributed by atoms with Crippen LogP contribution in [0.5, 0.6) is 0 Å². The molecule has 0 N–H and O–H groups in total. The molecule has 0 saturated carbocycles. The van der Waals surface area contributed by atoms with Crippen LogP contribution >= 0.6 is 15.9 Å². The fraction of sp³-hybridized carbons (Fsp3) is 0.250. The lowest BCUT2D eigenvalue weighted by Crippen LogP contribution is -2.23. The second-order valence-electron chi connectivity index (χ2n) is 4.35. The molecule has 0 aromatic heterocycles. The van der Waals surface area contributed by atoms with E-state index < -0.39 is 9.84 Å². The van der Waals surface area contributed by atoms with Crippen molar-refractivity contribution in [3.8, 4) is 0 Å². The number of sulfone groups is 1. The van der Waals surface area contributed by atoms with Crippen molar-refractivity contribution >= 4 is 37.4 Å². The number of carbonyl (C=O) groups excluding carboxylic acids is 1. The molecular weight excluding hydrogens is 318 g/mol. The zero-order chi connectivity index (χ0) is 12.9. The average Bonchev–Trinajstić information content (AvgIpc) is 2.78. The lowest BCUT2D eigenvalue weighted by molar-refractivity contribution is -0.124. The molecule has 6 heteroatoms. The van der Waals surface area contributed by atoms with Crippen LogP contribution in [0.25, 0.3) is 5.70 Å². The molecular formula is C12H10BrNO3S. The van der Waals surface area contributed by atoms with Gasteiger partial charge in [-0.1, -0.05) is 34.1 Å². The first kappa shape index (κ1) is 11.9. The molecule has 0 radical (unpaired) electrons. The molecule has 1 unspecified atom stereocenters. The standard InChI is InChI=1S/C12H10BrNO3S/c13-8-5-12(15)14(6-8)10-7-18(16,17)11-4-2-1-3-9(10)11/h1-4,7-8H,5-6H2. The SMILES string of the molecule is O=C1CC(Br)CN1C1=CS(=O)(=O)c2ccccc21. The van der Waals surface area contributed by atoms with Crippen molar-refractivity contribution in [2.24, 2.45) is 0 Å². The predicted molar refractivity (Wildman–Crippen MR) is 70.6 cm³/mol. The Morgan fingerprint density at radius 1 is 1.28 bits per heavy atom. The van der Waals surface area contributed by atoms with Gasteiger partial charge >= 0.3 is 0 Å². The van der Waals surface area contributed by atoms with E-state index in [1.54, 1.807) is 29.2 Å². The van der Waals surface area contributed by atoms with Crippen molar-refractivity contribution in [3.63, 3.8) is 0 Å². The summed E-state index contributed by atoms with van der Waals surface area (Å²) in [7, 11) is -3.40. The number of alkyl halides is 1. The summed E-state index contributed by atoms with van der Waals surface area (Å²) in [4.78, 5) is 13.8. The number of hydrogen-bond acceptors (Lipinski definition) is 3. The summed E-state index contributed by atoms with van der Waals surface area (Å²) < 4.78 is 24.0. The van der Waals surface area contributed by atoms with Gasteiger partial charge in [0.1, 0.15) is 0 Å². The summed E-state index contributed by atoms with van der Waals surface area (Å²) in [5.74, 6) is -0.0463. The van der Waals surface area contributed by atoms with E-state index in [-0.39, 0.29) is 15.6 Å². The highest BCUT2D eigenvalue weighted by Gasteiger charge is 2.36. The van der Waals surface area contributed by atoms with Crippen LogP contribution < -0.4 is 0 Å². The molecule has 2 heterocycles. The molecule has 3 rings (SSSR count).